The van der Waals surface area contributed by atoms with Crippen molar-refractivity contribution in [2.75, 3.05) is 13.2 Å². The van der Waals surface area contributed by atoms with Gasteiger partial charge in [-0.3, -0.25) is 0 Å². The van der Waals surface area contributed by atoms with Crippen LogP contribution in [-0.4, -0.2) is 43.1 Å². The summed E-state index contributed by atoms with van der Waals surface area (Å²) in [5.74, 6) is -0.0599. The van der Waals surface area contributed by atoms with Crippen molar-refractivity contribution in [3.05, 3.63) is 90.1 Å². The lowest BCUT2D eigenvalue weighted by Gasteiger charge is -2.26. The van der Waals surface area contributed by atoms with Crippen molar-refractivity contribution in [2.24, 2.45) is 5.14 Å². The van der Waals surface area contributed by atoms with Crippen LogP contribution in [-0.2, 0) is 14.8 Å². The first kappa shape index (κ1) is 27.0. The maximum absolute atomic E-state index is 14.3. The van der Waals surface area contributed by atoms with E-state index in [1.165, 1.54) is 24.3 Å². The second-order valence-corrected chi connectivity index (χ2v) is 10.8. The average molecular weight is 555 g/mol. The average Bonchev–Trinajstić information content (AvgIpc) is 3.37. The third-order valence-electron chi connectivity index (χ3n) is 6.46. The predicted octanol–water partition coefficient (Wildman–Crippen LogP) is 4.12. The molecule has 4 aromatic rings. The molecule has 1 aromatic heterocycles. The van der Waals surface area contributed by atoms with Crippen molar-refractivity contribution in [1.82, 2.24) is 4.98 Å². The molecule has 3 unspecified atom stereocenters. The van der Waals surface area contributed by atoms with Crippen LogP contribution in [0.15, 0.2) is 82.1 Å². The molecule has 3 aromatic carbocycles. The number of sulfonamides is 1. The zero-order valence-electron chi connectivity index (χ0n) is 20.7. The molecular formula is C28H27FN2O7S. The lowest BCUT2D eigenvalue weighted by Crippen LogP contribution is -2.24. The highest BCUT2D eigenvalue weighted by atomic mass is 32.2. The van der Waals surface area contributed by atoms with Crippen LogP contribution < -0.4 is 9.88 Å². The number of aliphatic hydroxyl groups excluding tert-OH is 2. The van der Waals surface area contributed by atoms with Crippen LogP contribution in [0.2, 0.25) is 0 Å². The van der Waals surface area contributed by atoms with Gasteiger partial charge in [0, 0.05) is 23.6 Å². The van der Waals surface area contributed by atoms with Gasteiger partial charge in [-0.25, -0.2) is 22.9 Å². The summed E-state index contributed by atoms with van der Waals surface area (Å²) < 4.78 is 54.5. The zero-order valence-corrected chi connectivity index (χ0v) is 21.6. The van der Waals surface area contributed by atoms with Gasteiger partial charge in [0.25, 0.3) is 0 Å². The van der Waals surface area contributed by atoms with E-state index in [-0.39, 0.29) is 29.1 Å². The largest absolute Gasteiger partial charge is 0.490 e. The van der Waals surface area contributed by atoms with Crippen molar-refractivity contribution < 1.29 is 36.9 Å². The fraction of sp³-hybridized carbons (Fsp3) is 0.250. The van der Waals surface area contributed by atoms with Gasteiger partial charge < -0.3 is 24.1 Å². The molecule has 1 aliphatic heterocycles. The summed E-state index contributed by atoms with van der Waals surface area (Å²) in [6.07, 6.45) is -1.19. The molecular weight excluding hydrogens is 527 g/mol. The minimum Gasteiger partial charge on any atom is -0.490 e. The quantitative estimate of drug-likeness (QED) is 0.295. The number of rotatable bonds is 8. The highest BCUT2D eigenvalue weighted by Gasteiger charge is 2.25. The van der Waals surface area contributed by atoms with E-state index in [0.717, 1.165) is 5.56 Å². The Balaban J connectivity index is 1.39. The second-order valence-electron chi connectivity index (χ2n) is 9.26. The van der Waals surface area contributed by atoms with Crippen LogP contribution in [0.25, 0.3) is 22.6 Å². The van der Waals surface area contributed by atoms with Crippen LogP contribution in [0.3, 0.4) is 0 Å². The molecule has 204 valence electrons. The van der Waals surface area contributed by atoms with Gasteiger partial charge in [-0.05, 0) is 54.3 Å². The SMILES string of the molecule is NS(=O)(=O)c1ccc(-c2oc(C(O)COc3cc(F)cc(C4CCOC(O)C4)c3)nc2-c2ccccc2)cc1. The summed E-state index contributed by atoms with van der Waals surface area (Å²) >= 11 is 0. The van der Waals surface area contributed by atoms with Crippen molar-refractivity contribution >= 4 is 10.0 Å². The molecule has 2 heterocycles. The molecule has 3 atom stereocenters. The van der Waals surface area contributed by atoms with Crippen molar-refractivity contribution in [2.45, 2.75) is 36.0 Å². The monoisotopic (exact) mass is 554 g/mol. The Hall–Kier alpha value is -3.61. The van der Waals surface area contributed by atoms with Gasteiger partial charge in [-0.1, -0.05) is 30.3 Å². The van der Waals surface area contributed by atoms with E-state index in [1.54, 1.807) is 18.2 Å². The molecule has 0 bridgehead atoms. The molecule has 0 saturated carbocycles. The van der Waals surface area contributed by atoms with Crippen LogP contribution in [0.1, 0.15) is 36.3 Å². The molecule has 39 heavy (non-hydrogen) atoms. The molecule has 4 N–H and O–H groups in total. The molecule has 11 heteroatoms. The number of ether oxygens (including phenoxy) is 2. The highest BCUT2D eigenvalue weighted by Crippen LogP contribution is 2.36. The van der Waals surface area contributed by atoms with E-state index in [0.29, 0.717) is 42.0 Å². The Kier molecular flexibility index (Phi) is 7.78. The number of oxazole rings is 1. The van der Waals surface area contributed by atoms with Crippen LogP contribution in [0, 0.1) is 5.82 Å². The molecule has 0 radical (unpaired) electrons. The minimum atomic E-state index is -3.87. The van der Waals surface area contributed by atoms with Gasteiger partial charge in [0.2, 0.25) is 15.9 Å². The normalized spacial score (nSPS) is 18.6. The third-order valence-corrected chi connectivity index (χ3v) is 7.39. The Morgan fingerprint density at radius 1 is 1.08 bits per heavy atom. The van der Waals surface area contributed by atoms with Crippen molar-refractivity contribution in [3.63, 3.8) is 0 Å². The highest BCUT2D eigenvalue weighted by molar-refractivity contribution is 7.89. The second kappa shape index (κ2) is 11.2. The summed E-state index contributed by atoms with van der Waals surface area (Å²) in [5.41, 5.74) is 2.37. The standard InChI is InChI=1S/C28H27FN2O7S/c29-21-12-20(19-10-11-36-25(33)14-19)13-22(15-21)37-16-24(32)28-31-26(17-4-2-1-3-5-17)27(38-28)18-6-8-23(9-7-18)39(30,34)35/h1-9,12-13,15,19,24-25,32-33H,10-11,14,16H2,(H2,30,34,35). The Bertz CT molecular complexity index is 1540. The smallest absolute Gasteiger partial charge is 0.238 e. The van der Waals surface area contributed by atoms with E-state index in [9.17, 15) is 23.0 Å². The number of hydrogen-bond acceptors (Lipinski definition) is 8. The number of halogens is 1. The first-order valence-corrected chi connectivity index (χ1v) is 13.8. The maximum Gasteiger partial charge on any atom is 0.238 e. The zero-order chi connectivity index (χ0) is 27.6. The first-order valence-electron chi connectivity index (χ1n) is 12.3. The Morgan fingerprint density at radius 3 is 2.51 bits per heavy atom. The van der Waals surface area contributed by atoms with E-state index >= 15 is 0 Å². The number of primary sulfonamides is 1. The van der Waals surface area contributed by atoms with E-state index in [4.69, 9.17) is 19.0 Å². The number of benzene rings is 3. The molecule has 1 aliphatic rings. The van der Waals surface area contributed by atoms with Crippen molar-refractivity contribution in [1.29, 1.82) is 0 Å². The molecule has 1 fully saturated rings. The van der Waals surface area contributed by atoms with Gasteiger partial charge in [-0.2, -0.15) is 0 Å². The number of nitrogens with two attached hydrogens (primary N) is 1. The number of nitrogens with zero attached hydrogens (tertiary/aromatic N) is 1. The Morgan fingerprint density at radius 2 is 1.82 bits per heavy atom. The summed E-state index contributed by atoms with van der Waals surface area (Å²) in [6.45, 7) is 0.107. The Labute approximate surface area is 224 Å². The fourth-order valence-electron chi connectivity index (χ4n) is 4.49. The number of aromatic nitrogens is 1. The first-order chi connectivity index (χ1) is 18.7. The number of aliphatic hydroxyl groups is 2. The van der Waals surface area contributed by atoms with Gasteiger partial charge in [0.1, 0.15) is 23.9 Å². The van der Waals surface area contributed by atoms with E-state index < -0.39 is 28.2 Å². The van der Waals surface area contributed by atoms with Crippen LogP contribution in [0.4, 0.5) is 4.39 Å². The summed E-state index contributed by atoms with van der Waals surface area (Å²) in [5, 5.41) is 25.9. The van der Waals surface area contributed by atoms with Crippen LogP contribution >= 0.6 is 0 Å². The summed E-state index contributed by atoms with van der Waals surface area (Å²) in [4.78, 5) is 4.45. The molecule has 0 aliphatic carbocycles. The molecule has 1 saturated heterocycles. The molecule has 0 amide bonds. The fourth-order valence-corrected chi connectivity index (χ4v) is 5.01. The van der Waals surface area contributed by atoms with Gasteiger partial charge in [0.15, 0.2) is 18.2 Å². The molecule has 0 spiro atoms. The topological polar surface area (TPSA) is 145 Å². The van der Waals surface area contributed by atoms with E-state index in [2.05, 4.69) is 4.98 Å². The molecule has 9 nitrogen and oxygen atoms in total. The lowest BCUT2D eigenvalue weighted by molar-refractivity contribution is -0.129. The van der Waals surface area contributed by atoms with Crippen LogP contribution in [0.5, 0.6) is 5.75 Å². The molecule has 5 rings (SSSR count). The summed E-state index contributed by atoms with van der Waals surface area (Å²) in [6, 6.07) is 19.3. The predicted molar refractivity (Wildman–Crippen MR) is 140 cm³/mol. The van der Waals surface area contributed by atoms with Gasteiger partial charge in [0.05, 0.1) is 11.5 Å². The van der Waals surface area contributed by atoms with Gasteiger partial charge in [-0.15, -0.1) is 0 Å². The maximum atomic E-state index is 14.3. The van der Waals surface area contributed by atoms with Gasteiger partial charge >= 0.3 is 0 Å². The van der Waals surface area contributed by atoms with E-state index in [1.807, 2.05) is 30.3 Å². The van der Waals surface area contributed by atoms with Crippen molar-refractivity contribution in [3.8, 4) is 28.3 Å². The number of hydrogen-bond donors (Lipinski definition) is 3. The third kappa shape index (κ3) is 6.35. The minimum absolute atomic E-state index is 0.0245. The lowest BCUT2D eigenvalue weighted by atomic mass is 9.91. The summed E-state index contributed by atoms with van der Waals surface area (Å²) in [7, 11) is -3.87.